The predicted molar refractivity (Wildman–Crippen MR) is 102 cm³/mol. The van der Waals surface area contributed by atoms with Gasteiger partial charge in [0.25, 0.3) is 0 Å². The van der Waals surface area contributed by atoms with Gasteiger partial charge in [-0.1, -0.05) is 6.07 Å². The van der Waals surface area contributed by atoms with E-state index >= 15 is 0 Å². The minimum Gasteiger partial charge on any atom is -0.366 e. The number of amides is 1. The number of primary amides is 1. The Bertz CT molecular complexity index is 740. The minimum absolute atomic E-state index is 0.135. The maximum atomic E-state index is 12.5. The van der Waals surface area contributed by atoms with Crippen LogP contribution in [0.25, 0.3) is 0 Å². The van der Waals surface area contributed by atoms with Crippen LogP contribution in [0.5, 0.6) is 0 Å². The summed E-state index contributed by atoms with van der Waals surface area (Å²) in [4.78, 5) is 26.9. The second-order valence-electron chi connectivity index (χ2n) is 8.84. The normalized spacial score (nSPS) is 32.3. The number of aryl methyl sites for hydroxylation is 1. The first-order valence-corrected chi connectivity index (χ1v) is 10.1. The van der Waals surface area contributed by atoms with Crippen molar-refractivity contribution in [3.63, 3.8) is 0 Å². The summed E-state index contributed by atoms with van der Waals surface area (Å²) in [6, 6.07) is 6.27. The lowest BCUT2D eigenvalue weighted by Gasteiger charge is -2.55. The van der Waals surface area contributed by atoms with Gasteiger partial charge in [0.2, 0.25) is 5.91 Å². The highest BCUT2D eigenvalue weighted by molar-refractivity contribution is 5.93. The Morgan fingerprint density at radius 2 is 2.08 bits per heavy atom. The summed E-state index contributed by atoms with van der Waals surface area (Å²) in [5.41, 5.74) is 8.34. The lowest BCUT2D eigenvalue weighted by atomic mass is 9.56. The molecule has 3 atom stereocenters. The quantitative estimate of drug-likeness (QED) is 0.903. The van der Waals surface area contributed by atoms with Gasteiger partial charge in [0.05, 0.1) is 0 Å². The SMILES string of the molecule is Cc1ccc(C(N)=O)cc1[C@]12CCN(CC3CC3)[C@H](C)[C@@H]1CCC(=O)C2. The third-order valence-electron chi connectivity index (χ3n) is 7.21. The smallest absolute Gasteiger partial charge is 0.248 e. The highest BCUT2D eigenvalue weighted by atomic mass is 16.1. The molecule has 4 rings (SSSR count). The van der Waals surface area contributed by atoms with Gasteiger partial charge < -0.3 is 10.6 Å². The van der Waals surface area contributed by atoms with Gasteiger partial charge in [-0.2, -0.15) is 0 Å². The van der Waals surface area contributed by atoms with E-state index in [1.165, 1.54) is 30.5 Å². The van der Waals surface area contributed by atoms with Gasteiger partial charge in [0.15, 0.2) is 0 Å². The average molecular weight is 354 g/mol. The first-order valence-electron chi connectivity index (χ1n) is 10.1. The van der Waals surface area contributed by atoms with Crippen LogP contribution in [0.15, 0.2) is 18.2 Å². The highest BCUT2D eigenvalue weighted by Crippen LogP contribution is 2.52. The van der Waals surface area contributed by atoms with Gasteiger partial charge in [0, 0.05) is 36.4 Å². The molecule has 4 nitrogen and oxygen atoms in total. The zero-order valence-corrected chi connectivity index (χ0v) is 16.0. The third kappa shape index (κ3) is 2.98. The molecule has 1 saturated heterocycles. The number of likely N-dealkylation sites (tertiary alicyclic amines) is 1. The van der Waals surface area contributed by atoms with E-state index < -0.39 is 0 Å². The number of rotatable bonds is 4. The highest BCUT2D eigenvalue weighted by Gasteiger charge is 2.51. The number of Topliss-reactive ketones (excluding diaryl/α,β-unsaturated/α-hetero) is 1. The van der Waals surface area contributed by atoms with Crippen molar-refractivity contribution in [2.45, 2.75) is 63.8 Å². The van der Waals surface area contributed by atoms with Crippen molar-refractivity contribution < 1.29 is 9.59 Å². The Kier molecular flexibility index (Phi) is 4.42. The Hall–Kier alpha value is -1.68. The number of piperidine rings is 1. The molecule has 3 fully saturated rings. The van der Waals surface area contributed by atoms with E-state index in [1.54, 1.807) is 0 Å². The number of carbonyl (C=O) groups is 2. The van der Waals surface area contributed by atoms with Crippen LogP contribution in [0, 0.1) is 18.8 Å². The number of carbonyl (C=O) groups excluding carboxylic acids is 2. The van der Waals surface area contributed by atoms with E-state index in [2.05, 4.69) is 18.7 Å². The summed E-state index contributed by atoms with van der Waals surface area (Å²) >= 11 is 0. The first kappa shape index (κ1) is 17.7. The average Bonchev–Trinajstić information content (AvgIpc) is 3.41. The molecule has 1 heterocycles. The largest absolute Gasteiger partial charge is 0.366 e. The Morgan fingerprint density at radius 3 is 2.77 bits per heavy atom. The minimum atomic E-state index is -0.388. The van der Waals surface area contributed by atoms with E-state index in [1.807, 2.05) is 18.2 Å². The molecule has 0 unspecified atom stereocenters. The fourth-order valence-electron chi connectivity index (χ4n) is 5.57. The Labute approximate surface area is 156 Å². The van der Waals surface area contributed by atoms with E-state index in [-0.39, 0.29) is 11.3 Å². The van der Waals surface area contributed by atoms with Gasteiger partial charge in [-0.15, -0.1) is 0 Å². The van der Waals surface area contributed by atoms with E-state index in [0.717, 1.165) is 25.3 Å². The van der Waals surface area contributed by atoms with Crippen LogP contribution >= 0.6 is 0 Å². The summed E-state index contributed by atoms with van der Waals surface area (Å²) in [6.07, 6.45) is 6.02. The van der Waals surface area contributed by atoms with Crippen LogP contribution in [-0.4, -0.2) is 35.7 Å². The van der Waals surface area contributed by atoms with Gasteiger partial charge >= 0.3 is 0 Å². The molecule has 26 heavy (non-hydrogen) atoms. The Balaban J connectivity index is 1.74. The van der Waals surface area contributed by atoms with E-state index in [0.29, 0.717) is 36.1 Å². The van der Waals surface area contributed by atoms with Crippen LogP contribution in [0.2, 0.25) is 0 Å². The maximum absolute atomic E-state index is 12.5. The summed E-state index contributed by atoms with van der Waals surface area (Å²) in [5, 5.41) is 0. The van der Waals surface area contributed by atoms with Gasteiger partial charge in [-0.3, -0.25) is 9.59 Å². The molecule has 140 valence electrons. The molecular formula is C22H30N2O2. The molecule has 1 aromatic carbocycles. The molecule has 1 amide bonds. The predicted octanol–water partition coefficient (Wildman–Crippen LogP) is 3.21. The second kappa shape index (κ2) is 6.49. The summed E-state index contributed by atoms with van der Waals surface area (Å²) in [7, 11) is 0. The van der Waals surface area contributed by atoms with Gasteiger partial charge in [0.1, 0.15) is 5.78 Å². The molecule has 0 radical (unpaired) electrons. The topological polar surface area (TPSA) is 63.4 Å². The van der Waals surface area contributed by atoms with Crippen molar-refractivity contribution in [3.8, 4) is 0 Å². The molecule has 2 saturated carbocycles. The number of benzene rings is 1. The summed E-state index contributed by atoms with van der Waals surface area (Å²) in [5.74, 6) is 1.33. The number of nitrogens with zero attached hydrogens (tertiary/aromatic N) is 1. The monoisotopic (exact) mass is 354 g/mol. The molecule has 4 heteroatoms. The lowest BCUT2D eigenvalue weighted by Crippen LogP contribution is -2.58. The molecule has 0 bridgehead atoms. The molecule has 1 aliphatic heterocycles. The number of fused-ring (bicyclic) bond motifs is 1. The molecule has 3 aliphatic rings. The third-order valence-corrected chi connectivity index (χ3v) is 7.21. The fraction of sp³-hybridized carbons (Fsp3) is 0.636. The summed E-state index contributed by atoms with van der Waals surface area (Å²) < 4.78 is 0. The van der Waals surface area contributed by atoms with Crippen molar-refractivity contribution in [2.75, 3.05) is 13.1 Å². The molecular weight excluding hydrogens is 324 g/mol. The van der Waals surface area contributed by atoms with Crippen molar-refractivity contribution >= 4 is 11.7 Å². The van der Waals surface area contributed by atoms with Crippen LogP contribution in [0.1, 0.15) is 66.9 Å². The first-order chi connectivity index (χ1) is 12.4. The van der Waals surface area contributed by atoms with E-state index in [9.17, 15) is 9.59 Å². The molecule has 2 N–H and O–H groups in total. The number of ketones is 1. The van der Waals surface area contributed by atoms with Crippen LogP contribution in [-0.2, 0) is 10.2 Å². The van der Waals surface area contributed by atoms with Crippen LogP contribution in [0.4, 0.5) is 0 Å². The van der Waals surface area contributed by atoms with Crippen LogP contribution in [0.3, 0.4) is 0 Å². The van der Waals surface area contributed by atoms with Crippen molar-refractivity contribution in [1.29, 1.82) is 0 Å². The zero-order chi connectivity index (χ0) is 18.5. The summed E-state index contributed by atoms with van der Waals surface area (Å²) in [6.45, 7) is 6.71. The zero-order valence-electron chi connectivity index (χ0n) is 16.0. The standard InChI is InChI=1S/C22H30N2O2/c1-14-3-6-17(21(23)26)11-20(14)22-9-10-24(13-16-4-5-16)15(2)19(22)8-7-18(25)12-22/h3,6,11,15-16,19H,4-5,7-10,12-13H2,1-2H3,(H2,23,26)/t15-,19+,22+/m1/s1. The molecule has 0 aromatic heterocycles. The lowest BCUT2D eigenvalue weighted by molar-refractivity contribution is -0.126. The molecule has 2 aliphatic carbocycles. The number of hydrogen-bond donors (Lipinski definition) is 1. The fourth-order valence-corrected chi connectivity index (χ4v) is 5.57. The molecule has 0 spiro atoms. The second-order valence-corrected chi connectivity index (χ2v) is 8.84. The number of nitrogens with two attached hydrogens (primary N) is 1. The van der Waals surface area contributed by atoms with E-state index in [4.69, 9.17) is 5.73 Å². The Morgan fingerprint density at radius 1 is 1.31 bits per heavy atom. The van der Waals surface area contributed by atoms with Crippen LogP contribution < -0.4 is 5.73 Å². The molecule has 1 aromatic rings. The number of hydrogen-bond acceptors (Lipinski definition) is 3. The van der Waals surface area contributed by atoms with Crippen molar-refractivity contribution in [1.82, 2.24) is 4.90 Å². The maximum Gasteiger partial charge on any atom is 0.248 e. The van der Waals surface area contributed by atoms with Gasteiger partial charge in [-0.05, 0) is 81.2 Å². The van der Waals surface area contributed by atoms with Gasteiger partial charge in [-0.25, -0.2) is 0 Å². The van der Waals surface area contributed by atoms with Crippen molar-refractivity contribution in [3.05, 3.63) is 34.9 Å². The van der Waals surface area contributed by atoms with Crippen molar-refractivity contribution in [2.24, 2.45) is 17.6 Å².